The van der Waals surface area contributed by atoms with Crippen LogP contribution in [0.3, 0.4) is 0 Å². The van der Waals surface area contributed by atoms with Crippen LogP contribution in [0.4, 0.5) is 0 Å². The Bertz CT molecular complexity index is 688. The van der Waals surface area contributed by atoms with Crippen LogP contribution in [0.15, 0.2) is 30.5 Å². The number of aromatic amines is 1. The molecule has 1 heterocycles. The first-order chi connectivity index (χ1) is 10.9. The molecule has 0 radical (unpaired) electrons. The molecule has 0 aliphatic heterocycles. The highest BCUT2D eigenvalue weighted by molar-refractivity contribution is 5.90. The van der Waals surface area contributed by atoms with Crippen molar-refractivity contribution in [2.45, 2.75) is 46.2 Å². The van der Waals surface area contributed by atoms with Crippen molar-refractivity contribution < 1.29 is 9.59 Å². The van der Waals surface area contributed by atoms with Gasteiger partial charge in [0.25, 0.3) is 0 Å². The number of amides is 2. The number of H-pyrrole nitrogens is 1. The van der Waals surface area contributed by atoms with E-state index >= 15 is 0 Å². The fourth-order valence-electron chi connectivity index (χ4n) is 2.45. The Morgan fingerprint density at radius 1 is 1.04 bits per heavy atom. The number of carbonyl (C=O) groups is 2. The second kappa shape index (κ2) is 7.31. The van der Waals surface area contributed by atoms with Gasteiger partial charge in [-0.05, 0) is 25.5 Å². The molecule has 0 saturated carbocycles. The van der Waals surface area contributed by atoms with Gasteiger partial charge in [-0.25, -0.2) is 0 Å². The summed E-state index contributed by atoms with van der Waals surface area (Å²) in [4.78, 5) is 27.7. The number of fused-ring (bicyclic) bond motifs is 1. The SMILES string of the molecule is CC(C)NC(=O)[C@@H](Cc1c[nH]c2ccccc12)NC(=O)C(C)C. The number of aromatic nitrogens is 1. The third kappa shape index (κ3) is 4.34. The maximum atomic E-state index is 12.4. The van der Waals surface area contributed by atoms with E-state index in [1.807, 2.05) is 58.2 Å². The maximum absolute atomic E-state index is 12.4. The zero-order valence-corrected chi connectivity index (χ0v) is 14.1. The molecule has 0 aliphatic rings. The molecule has 0 bridgehead atoms. The van der Waals surface area contributed by atoms with Crippen molar-refractivity contribution in [2.75, 3.05) is 0 Å². The molecule has 0 fully saturated rings. The molecule has 1 aromatic heterocycles. The first kappa shape index (κ1) is 17.1. The molecule has 1 aromatic carbocycles. The molecule has 23 heavy (non-hydrogen) atoms. The van der Waals surface area contributed by atoms with Crippen LogP contribution < -0.4 is 10.6 Å². The van der Waals surface area contributed by atoms with Gasteiger partial charge in [-0.15, -0.1) is 0 Å². The molecule has 0 aliphatic carbocycles. The summed E-state index contributed by atoms with van der Waals surface area (Å²) in [5.74, 6) is -0.430. The summed E-state index contributed by atoms with van der Waals surface area (Å²) < 4.78 is 0. The lowest BCUT2D eigenvalue weighted by molar-refractivity contribution is -0.130. The monoisotopic (exact) mass is 315 g/mol. The van der Waals surface area contributed by atoms with Crippen molar-refractivity contribution in [3.8, 4) is 0 Å². The van der Waals surface area contributed by atoms with Gasteiger partial charge in [0.15, 0.2) is 0 Å². The molecule has 0 spiro atoms. The quantitative estimate of drug-likeness (QED) is 0.765. The van der Waals surface area contributed by atoms with Crippen LogP contribution >= 0.6 is 0 Å². The third-order valence-electron chi connectivity index (χ3n) is 3.69. The standard InChI is InChI=1S/C18H25N3O2/c1-11(2)17(22)21-16(18(23)20-12(3)4)9-13-10-19-15-8-6-5-7-14(13)15/h5-8,10-12,16,19H,9H2,1-4H3,(H,20,23)(H,21,22)/t16-/m1/s1. The lowest BCUT2D eigenvalue weighted by atomic mass is 10.0. The Hall–Kier alpha value is -2.30. The largest absolute Gasteiger partial charge is 0.361 e. The van der Waals surface area contributed by atoms with E-state index in [1.54, 1.807) is 0 Å². The van der Waals surface area contributed by atoms with Gasteiger partial charge in [-0.3, -0.25) is 9.59 Å². The van der Waals surface area contributed by atoms with E-state index in [4.69, 9.17) is 0 Å². The number of para-hydroxylation sites is 1. The first-order valence-electron chi connectivity index (χ1n) is 8.04. The summed E-state index contributed by atoms with van der Waals surface area (Å²) in [6, 6.07) is 7.40. The van der Waals surface area contributed by atoms with Crippen molar-refractivity contribution in [1.82, 2.24) is 15.6 Å². The Balaban J connectivity index is 2.22. The Labute approximate surface area is 136 Å². The molecule has 0 saturated heterocycles. The van der Waals surface area contributed by atoms with Gasteiger partial charge in [0.1, 0.15) is 6.04 Å². The number of nitrogens with one attached hydrogen (secondary N) is 3. The van der Waals surface area contributed by atoms with E-state index in [-0.39, 0.29) is 23.8 Å². The lowest BCUT2D eigenvalue weighted by Gasteiger charge is -2.21. The summed E-state index contributed by atoms with van der Waals surface area (Å²) in [7, 11) is 0. The van der Waals surface area contributed by atoms with Crippen molar-refractivity contribution in [1.29, 1.82) is 0 Å². The normalized spacial score (nSPS) is 12.6. The number of rotatable bonds is 6. The number of carbonyl (C=O) groups excluding carboxylic acids is 2. The molecule has 124 valence electrons. The van der Waals surface area contributed by atoms with Crippen molar-refractivity contribution in [2.24, 2.45) is 5.92 Å². The molecule has 2 rings (SSSR count). The summed E-state index contributed by atoms with van der Waals surface area (Å²) >= 11 is 0. The van der Waals surface area contributed by atoms with Crippen molar-refractivity contribution in [3.63, 3.8) is 0 Å². The molecule has 2 aromatic rings. The van der Waals surface area contributed by atoms with Crippen LogP contribution in [0.25, 0.3) is 10.9 Å². The molecule has 1 atom stereocenters. The maximum Gasteiger partial charge on any atom is 0.243 e. The number of hydrogen-bond acceptors (Lipinski definition) is 2. The van der Waals surface area contributed by atoms with Gasteiger partial charge >= 0.3 is 0 Å². The van der Waals surface area contributed by atoms with Gasteiger partial charge in [0.2, 0.25) is 11.8 Å². The summed E-state index contributed by atoms with van der Waals surface area (Å²) in [6.45, 7) is 7.45. The van der Waals surface area contributed by atoms with Gasteiger partial charge in [-0.1, -0.05) is 32.0 Å². The minimum absolute atomic E-state index is 0.0314. The number of benzene rings is 1. The molecule has 5 nitrogen and oxygen atoms in total. The average molecular weight is 315 g/mol. The Kier molecular flexibility index (Phi) is 5.42. The van der Waals surface area contributed by atoms with E-state index in [9.17, 15) is 9.59 Å². The van der Waals surface area contributed by atoms with E-state index in [0.717, 1.165) is 16.5 Å². The van der Waals surface area contributed by atoms with Crippen molar-refractivity contribution in [3.05, 3.63) is 36.0 Å². The second-order valence-corrected chi connectivity index (χ2v) is 6.44. The fraction of sp³-hybridized carbons (Fsp3) is 0.444. The average Bonchev–Trinajstić information content (AvgIpc) is 2.89. The zero-order valence-electron chi connectivity index (χ0n) is 14.1. The molecule has 0 unspecified atom stereocenters. The predicted molar refractivity (Wildman–Crippen MR) is 92.1 cm³/mol. The molecule has 3 N–H and O–H groups in total. The minimum atomic E-state index is -0.577. The summed E-state index contributed by atoms with van der Waals surface area (Å²) in [5, 5.41) is 6.82. The van der Waals surface area contributed by atoms with Gasteiger partial charge in [0.05, 0.1) is 0 Å². The fourth-order valence-corrected chi connectivity index (χ4v) is 2.45. The van der Waals surface area contributed by atoms with E-state index in [0.29, 0.717) is 6.42 Å². The first-order valence-corrected chi connectivity index (χ1v) is 8.04. The van der Waals surface area contributed by atoms with Crippen LogP contribution in [-0.2, 0) is 16.0 Å². The Morgan fingerprint density at radius 3 is 2.39 bits per heavy atom. The van der Waals surface area contributed by atoms with E-state index < -0.39 is 6.04 Å². The molecular formula is C18H25N3O2. The number of hydrogen-bond donors (Lipinski definition) is 3. The van der Waals surface area contributed by atoms with Crippen LogP contribution in [-0.4, -0.2) is 28.9 Å². The highest BCUT2D eigenvalue weighted by atomic mass is 16.2. The molecule has 2 amide bonds. The molecular weight excluding hydrogens is 290 g/mol. The second-order valence-electron chi connectivity index (χ2n) is 6.44. The van der Waals surface area contributed by atoms with Gasteiger partial charge < -0.3 is 15.6 Å². The lowest BCUT2D eigenvalue weighted by Crippen LogP contribution is -2.50. The smallest absolute Gasteiger partial charge is 0.243 e. The summed E-state index contributed by atoms with van der Waals surface area (Å²) in [6.07, 6.45) is 2.36. The predicted octanol–water partition coefficient (Wildman–Crippen LogP) is 2.38. The van der Waals surface area contributed by atoms with Crippen LogP contribution in [0.5, 0.6) is 0 Å². The van der Waals surface area contributed by atoms with Crippen molar-refractivity contribution >= 4 is 22.7 Å². The molecule has 5 heteroatoms. The van der Waals surface area contributed by atoms with Crippen LogP contribution in [0.2, 0.25) is 0 Å². The van der Waals surface area contributed by atoms with Gasteiger partial charge in [0, 0.05) is 35.5 Å². The van der Waals surface area contributed by atoms with Crippen LogP contribution in [0.1, 0.15) is 33.3 Å². The third-order valence-corrected chi connectivity index (χ3v) is 3.69. The van der Waals surface area contributed by atoms with Crippen LogP contribution in [0, 0.1) is 5.92 Å². The topological polar surface area (TPSA) is 74.0 Å². The summed E-state index contributed by atoms with van der Waals surface area (Å²) in [5.41, 5.74) is 2.05. The Morgan fingerprint density at radius 2 is 1.74 bits per heavy atom. The van der Waals surface area contributed by atoms with E-state index in [1.165, 1.54) is 0 Å². The van der Waals surface area contributed by atoms with Gasteiger partial charge in [-0.2, -0.15) is 0 Å². The highest BCUT2D eigenvalue weighted by Gasteiger charge is 2.23. The minimum Gasteiger partial charge on any atom is -0.361 e. The van der Waals surface area contributed by atoms with E-state index in [2.05, 4.69) is 15.6 Å². The zero-order chi connectivity index (χ0) is 17.0. The highest BCUT2D eigenvalue weighted by Crippen LogP contribution is 2.19.